The van der Waals surface area contributed by atoms with Gasteiger partial charge in [0.15, 0.2) is 5.82 Å². The molecule has 108 valence electrons. The number of carbonyl (C=O) groups excluding carboxylic acids is 1. The molecular formula is C12H23N5O2. The average Bonchev–Trinajstić information content (AvgIpc) is 2.94. The summed E-state index contributed by atoms with van der Waals surface area (Å²) < 4.78 is 5.30. The molecule has 7 nitrogen and oxygen atoms in total. The molecule has 2 N–H and O–H groups in total. The minimum atomic E-state index is -0.106. The molecule has 1 amide bonds. The molecule has 1 atom stereocenters. The van der Waals surface area contributed by atoms with Crippen molar-refractivity contribution in [2.75, 3.05) is 19.8 Å². The summed E-state index contributed by atoms with van der Waals surface area (Å²) in [7, 11) is 0. The fourth-order valence-electron chi connectivity index (χ4n) is 1.58. The maximum atomic E-state index is 11.5. The van der Waals surface area contributed by atoms with Crippen LogP contribution in [0.15, 0.2) is 0 Å². The smallest absolute Gasteiger partial charge is 0.246 e. The van der Waals surface area contributed by atoms with E-state index in [0.717, 1.165) is 12.8 Å². The zero-order valence-electron chi connectivity index (χ0n) is 11.7. The Kier molecular flexibility index (Phi) is 7.72. The number of H-pyrrole nitrogens is 1. The van der Waals surface area contributed by atoms with E-state index in [9.17, 15) is 4.79 Å². The van der Waals surface area contributed by atoms with Gasteiger partial charge in [0, 0.05) is 19.1 Å². The van der Waals surface area contributed by atoms with E-state index >= 15 is 0 Å². The number of hydrogen-bond acceptors (Lipinski definition) is 5. The van der Waals surface area contributed by atoms with Gasteiger partial charge in [-0.2, -0.15) is 5.21 Å². The molecule has 0 radical (unpaired) electrons. The number of nitrogens with one attached hydrogen (secondary N) is 2. The normalized spacial score (nSPS) is 12.3. The number of aromatic nitrogens is 4. The minimum Gasteiger partial charge on any atom is -0.372 e. The number of hydrogen-bond donors (Lipinski definition) is 2. The first-order valence-corrected chi connectivity index (χ1v) is 6.81. The van der Waals surface area contributed by atoms with Crippen LogP contribution >= 0.6 is 0 Å². The van der Waals surface area contributed by atoms with E-state index in [-0.39, 0.29) is 18.4 Å². The van der Waals surface area contributed by atoms with Crippen molar-refractivity contribution < 1.29 is 9.53 Å². The van der Waals surface area contributed by atoms with Gasteiger partial charge in [-0.05, 0) is 6.42 Å². The first kappa shape index (κ1) is 15.6. The summed E-state index contributed by atoms with van der Waals surface area (Å²) in [4.78, 5) is 11.5. The summed E-state index contributed by atoms with van der Waals surface area (Å²) in [6, 6.07) is 0. The second kappa shape index (κ2) is 9.43. The monoisotopic (exact) mass is 269 g/mol. The summed E-state index contributed by atoms with van der Waals surface area (Å²) >= 11 is 0. The molecule has 0 aliphatic rings. The fourth-order valence-corrected chi connectivity index (χ4v) is 1.58. The van der Waals surface area contributed by atoms with Crippen molar-refractivity contribution in [1.29, 1.82) is 0 Å². The van der Waals surface area contributed by atoms with Gasteiger partial charge in [0.05, 0.1) is 0 Å². The molecule has 0 bridgehead atoms. The van der Waals surface area contributed by atoms with Crippen LogP contribution in [0, 0.1) is 0 Å². The highest BCUT2D eigenvalue weighted by molar-refractivity contribution is 5.77. The number of amides is 1. The lowest BCUT2D eigenvalue weighted by Crippen LogP contribution is -2.31. The van der Waals surface area contributed by atoms with Crippen LogP contribution < -0.4 is 5.32 Å². The van der Waals surface area contributed by atoms with E-state index in [2.05, 4.69) is 32.9 Å². The van der Waals surface area contributed by atoms with E-state index in [1.807, 2.05) is 6.92 Å². The highest BCUT2D eigenvalue weighted by Gasteiger charge is 2.11. The number of tetrazole rings is 1. The van der Waals surface area contributed by atoms with Crippen molar-refractivity contribution in [1.82, 2.24) is 25.9 Å². The molecular weight excluding hydrogens is 246 g/mol. The summed E-state index contributed by atoms with van der Waals surface area (Å²) in [6.07, 6.45) is 4.60. The molecule has 7 heteroatoms. The molecule has 0 saturated carbocycles. The van der Waals surface area contributed by atoms with Crippen molar-refractivity contribution in [2.24, 2.45) is 0 Å². The molecule has 1 aromatic rings. The average molecular weight is 269 g/mol. The molecule has 1 heterocycles. The zero-order valence-corrected chi connectivity index (χ0v) is 11.7. The summed E-state index contributed by atoms with van der Waals surface area (Å²) in [5.74, 6) is 0.527. The van der Waals surface area contributed by atoms with Crippen LogP contribution in [0.4, 0.5) is 0 Å². The summed E-state index contributed by atoms with van der Waals surface area (Å²) in [5.41, 5.74) is 0. The van der Waals surface area contributed by atoms with E-state index < -0.39 is 0 Å². The van der Waals surface area contributed by atoms with Crippen LogP contribution in [0.2, 0.25) is 0 Å². The third kappa shape index (κ3) is 6.85. The molecule has 0 fully saturated rings. The van der Waals surface area contributed by atoms with Gasteiger partial charge in [-0.1, -0.05) is 38.3 Å². The Morgan fingerprint density at radius 2 is 2.26 bits per heavy atom. The third-order valence-electron chi connectivity index (χ3n) is 2.78. The predicted molar refractivity (Wildman–Crippen MR) is 70.6 cm³/mol. The van der Waals surface area contributed by atoms with Crippen LogP contribution in [-0.2, 0) is 9.53 Å². The van der Waals surface area contributed by atoms with E-state index in [1.54, 1.807) is 0 Å². The Morgan fingerprint density at radius 3 is 2.95 bits per heavy atom. The molecule has 0 saturated heterocycles. The Balaban J connectivity index is 2.02. The van der Waals surface area contributed by atoms with Crippen LogP contribution in [0.25, 0.3) is 0 Å². The van der Waals surface area contributed by atoms with Crippen molar-refractivity contribution in [3.63, 3.8) is 0 Å². The highest BCUT2D eigenvalue weighted by atomic mass is 16.5. The Hall–Kier alpha value is -1.50. The van der Waals surface area contributed by atoms with Gasteiger partial charge < -0.3 is 10.1 Å². The molecule has 1 unspecified atom stereocenters. The minimum absolute atomic E-state index is 0.0345. The quantitative estimate of drug-likeness (QED) is 0.618. The number of unbranched alkanes of at least 4 members (excludes halogenated alkanes) is 3. The summed E-state index contributed by atoms with van der Waals surface area (Å²) in [6.45, 7) is 5.34. The first-order valence-electron chi connectivity index (χ1n) is 6.81. The Morgan fingerprint density at radius 1 is 1.42 bits per heavy atom. The number of aromatic amines is 1. The van der Waals surface area contributed by atoms with Gasteiger partial charge >= 0.3 is 0 Å². The van der Waals surface area contributed by atoms with Crippen molar-refractivity contribution in [2.45, 2.75) is 45.4 Å². The predicted octanol–water partition coefficient (Wildman–Crippen LogP) is 1.02. The van der Waals surface area contributed by atoms with Gasteiger partial charge in [0.2, 0.25) is 5.91 Å². The number of ether oxygens (including phenoxy) is 1. The van der Waals surface area contributed by atoms with Crippen LogP contribution in [0.1, 0.15) is 51.3 Å². The van der Waals surface area contributed by atoms with Gasteiger partial charge in [0.1, 0.15) is 6.61 Å². The topological polar surface area (TPSA) is 92.8 Å². The second-order valence-electron chi connectivity index (χ2n) is 4.59. The SMILES string of the molecule is CCCCCCOCC(=O)NCC(C)c1nn[nH]n1. The lowest BCUT2D eigenvalue weighted by molar-refractivity contribution is -0.125. The fraction of sp³-hybridized carbons (Fsp3) is 0.833. The van der Waals surface area contributed by atoms with Crippen molar-refractivity contribution >= 4 is 5.91 Å². The summed E-state index contributed by atoms with van der Waals surface area (Å²) in [5, 5.41) is 16.4. The largest absolute Gasteiger partial charge is 0.372 e. The molecule has 19 heavy (non-hydrogen) atoms. The molecule has 0 spiro atoms. The van der Waals surface area contributed by atoms with Crippen LogP contribution in [-0.4, -0.2) is 46.3 Å². The maximum Gasteiger partial charge on any atom is 0.246 e. The van der Waals surface area contributed by atoms with Gasteiger partial charge in [0.25, 0.3) is 0 Å². The standard InChI is InChI=1S/C12H23N5O2/c1-3-4-5-6-7-19-9-11(18)13-8-10(2)12-14-16-17-15-12/h10H,3-9H2,1-2H3,(H,13,18)(H,14,15,16,17). The van der Waals surface area contributed by atoms with Crippen molar-refractivity contribution in [3.05, 3.63) is 5.82 Å². The van der Waals surface area contributed by atoms with Gasteiger partial charge in [-0.15, -0.1) is 10.2 Å². The molecule has 0 aliphatic carbocycles. The molecule has 1 aromatic heterocycles. The Bertz CT molecular complexity index is 342. The number of nitrogens with zero attached hydrogens (tertiary/aromatic N) is 3. The third-order valence-corrected chi connectivity index (χ3v) is 2.78. The van der Waals surface area contributed by atoms with Gasteiger partial charge in [-0.25, -0.2) is 0 Å². The Labute approximate surface area is 113 Å². The lowest BCUT2D eigenvalue weighted by atomic mass is 10.2. The highest BCUT2D eigenvalue weighted by Crippen LogP contribution is 2.05. The van der Waals surface area contributed by atoms with Crippen LogP contribution in [0.5, 0.6) is 0 Å². The van der Waals surface area contributed by atoms with E-state index in [0.29, 0.717) is 19.0 Å². The zero-order chi connectivity index (χ0) is 13.9. The molecule has 0 aromatic carbocycles. The van der Waals surface area contributed by atoms with Crippen molar-refractivity contribution in [3.8, 4) is 0 Å². The van der Waals surface area contributed by atoms with E-state index in [1.165, 1.54) is 12.8 Å². The molecule has 1 rings (SSSR count). The second-order valence-corrected chi connectivity index (χ2v) is 4.59. The van der Waals surface area contributed by atoms with E-state index in [4.69, 9.17) is 4.74 Å². The lowest BCUT2D eigenvalue weighted by Gasteiger charge is -2.09. The maximum absolute atomic E-state index is 11.5. The van der Waals surface area contributed by atoms with Gasteiger partial charge in [-0.3, -0.25) is 4.79 Å². The molecule has 0 aliphatic heterocycles. The van der Waals surface area contributed by atoms with Crippen LogP contribution in [0.3, 0.4) is 0 Å². The number of rotatable bonds is 10. The number of carbonyl (C=O) groups is 1. The first-order chi connectivity index (χ1) is 9.24.